The number of quaternary nitrogens is 1. The summed E-state index contributed by atoms with van der Waals surface area (Å²) < 4.78 is 33.9. The minimum absolute atomic E-state index is 0.0482. The number of hydrogen-bond acceptors (Lipinski definition) is 9. The van der Waals surface area contributed by atoms with E-state index in [0.717, 1.165) is 51.4 Å². The molecule has 0 radical (unpaired) electrons. The summed E-state index contributed by atoms with van der Waals surface area (Å²) in [4.78, 5) is 49.7. The molecule has 0 aliphatic heterocycles. The number of rotatable bonds is 46. The molecule has 0 heterocycles. The van der Waals surface area contributed by atoms with E-state index in [1.54, 1.807) is 6.08 Å². The number of esters is 2. The van der Waals surface area contributed by atoms with Gasteiger partial charge in [-0.05, 0) is 38.2 Å². The van der Waals surface area contributed by atoms with Crippen molar-refractivity contribution in [3.8, 4) is 0 Å². The van der Waals surface area contributed by atoms with Crippen LogP contribution in [0.1, 0.15) is 226 Å². The summed E-state index contributed by atoms with van der Waals surface area (Å²) in [6.07, 6.45) is 43.1. The third-order valence-electron chi connectivity index (χ3n) is 11.0. The Morgan fingerprint density at radius 3 is 1.44 bits per heavy atom. The molecular formula is C50H94NO9P. The van der Waals surface area contributed by atoms with E-state index in [9.17, 15) is 23.8 Å². The summed E-state index contributed by atoms with van der Waals surface area (Å²) in [5.41, 5.74) is 0. The summed E-state index contributed by atoms with van der Waals surface area (Å²) in [5, 5.41) is 0. The molecule has 0 amide bonds. The van der Waals surface area contributed by atoms with Crippen LogP contribution in [0.5, 0.6) is 0 Å². The molecule has 0 fully saturated rings. The van der Waals surface area contributed by atoms with Crippen LogP contribution >= 0.6 is 7.82 Å². The fraction of sp³-hybridized carbons (Fsp3) is 0.860. The average molecular weight is 884 g/mol. The zero-order valence-electron chi connectivity index (χ0n) is 40.1. The molecule has 0 aromatic carbocycles. The lowest BCUT2D eigenvalue weighted by molar-refractivity contribution is -0.870. The van der Waals surface area contributed by atoms with Crippen molar-refractivity contribution < 1.29 is 46.8 Å². The molecular weight excluding hydrogens is 790 g/mol. The Morgan fingerprint density at radius 2 is 0.967 bits per heavy atom. The summed E-state index contributed by atoms with van der Waals surface area (Å²) in [7, 11) is 1.11. The van der Waals surface area contributed by atoms with E-state index < -0.39 is 32.5 Å². The Labute approximate surface area is 374 Å². The van der Waals surface area contributed by atoms with E-state index in [2.05, 4.69) is 19.9 Å². The lowest BCUT2D eigenvalue weighted by atomic mass is 10.0. The van der Waals surface area contributed by atoms with Gasteiger partial charge in [-0.15, -0.1) is 0 Å². The third kappa shape index (κ3) is 46.0. The molecule has 358 valence electrons. The molecule has 61 heavy (non-hydrogen) atoms. The second-order valence-electron chi connectivity index (χ2n) is 18.2. The highest BCUT2D eigenvalue weighted by molar-refractivity contribution is 7.45. The lowest BCUT2D eigenvalue weighted by Gasteiger charge is -2.28. The van der Waals surface area contributed by atoms with E-state index >= 15 is 0 Å². The first-order valence-electron chi connectivity index (χ1n) is 25.0. The molecule has 11 heteroatoms. The molecule has 0 aliphatic rings. The fourth-order valence-corrected chi connectivity index (χ4v) is 7.72. The van der Waals surface area contributed by atoms with Crippen molar-refractivity contribution in [1.29, 1.82) is 0 Å². The van der Waals surface area contributed by atoms with Crippen molar-refractivity contribution in [3.63, 3.8) is 0 Å². The van der Waals surface area contributed by atoms with Crippen LogP contribution in [0.15, 0.2) is 24.3 Å². The maximum atomic E-state index is 12.7. The molecule has 0 aromatic heterocycles. The molecule has 0 saturated heterocycles. The number of nitrogens with zero attached hydrogens (tertiary/aromatic N) is 1. The minimum Gasteiger partial charge on any atom is -0.756 e. The number of hydrogen-bond donors (Lipinski definition) is 0. The molecule has 0 saturated carbocycles. The summed E-state index contributed by atoms with van der Waals surface area (Å²) >= 11 is 0. The predicted molar refractivity (Wildman–Crippen MR) is 250 cm³/mol. The van der Waals surface area contributed by atoms with Crippen LogP contribution in [-0.4, -0.2) is 75.8 Å². The Bertz CT molecular complexity index is 1150. The smallest absolute Gasteiger partial charge is 0.306 e. The number of carbonyl (C=O) groups excluding carboxylic acids is 3. The largest absolute Gasteiger partial charge is 0.756 e. The van der Waals surface area contributed by atoms with Gasteiger partial charge in [0, 0.05) is 19.3 Å². The number of ether oxygens (including phenoxy) is 2. The molecule has 0 rings (SSSR count). The highest BCUT2D eigenvalue weighted by Crippen LogP contribution is 2.38. The first-order chi connectivity index (χ1) is 29.4. The minimum atomic E-state index is -4.65. The average Bonchev–Trinajstić information content (AvgIpc) is 3.21. The van der Waals surface area contributed by atoms with Gasteiger partial charge >= 0.3 is 11.9 Å². The monoisotopic (exact) mass is 884 g/mol. The maximum absolute atomic E-state index is 12.7. The zero-order chi connectivity index (χ0) is 45.1. The van der Waals surface area contributed by atoms with Crippen LogP contribution in [0.3, 0.4) is 0 Å². The number of unbranched alkanes of at least 4 members (excludes halogenated alkanes) is 27. The van der Waals surface area contributed by atoms with Crippen LogP contribution in [0.25, 0.3) is 0 Å². The number of allylic oxidation sites excluding steroid dienone is 4. The van der Waals surface area contributed by atoms with Crippen molar-refractivity contribution in [1.82, 2.24) is 0 Å². The number of phosphoric ester groups is 1. The molecule has 0 bridgehead atoms. The summed E-state index contributed by atoms with van der Waals surface area (Å²) in [6.45, 7) is 4.07. The molecule has 0 aliphatic carbocycles. The van der Waals surface area contributed by atoms with E-state index in [1.165, 1.54) is 128 Å². The van der Waals surface area contributed by atoms with E-state index in [0.29, 0.717) is 30.3 Å². The molecule has 0 spiro atoms. The van der Waals surface area contributed by atoms with E-state index in [-0.39, 0.29) is 31.8 Å². The number of phosphoric acid groups is 1. The van der Waals surface area contributed by atoms with Crippen molar-refractivity contribution in [2.24, 2.45) is 0 Å². The normalized spacial score (nSPS) is 13.5. The summed E-state index contributed by atoms with van der Waals surface area (Å²) in [5.74, 6) is -0.791. The van der Waals surface area contributed by atoms with Gasteiger partial charge in [-0.2, -0.15) is 0 Å². The molecule has 1 unspecified atom stereocenters. The van der Waals surface area contributed by atoms with Crippen LogP contribution in [0, 0.1) is 0 Å². The van der Waals surface area contributed by atoms with Gasteiger partial charge in [0.2, 0.25) is 0 Å². The quantitative estimate of drug-likeness (QED) is 0.0146. The van der Waals surface area contributed by atoms with E-state index in [4.69, 9.17) is 18.5 Å². The van der Waals surface area contributed by atoms with Crippen molar-refractivity contribution in [3.05, 3.63) is 24.3 Å². The number of likely N-dealkylation sites (N-methyl/N-ethyl adjacent to an activating group) is 1. The zero-order valence-corrected chi connectivity index (χ0v) is 41.0. The van der Waals surface area contributed by atoms with Gasteiger partial charge in [0.25, 0.3) is 7.82 Å². The highest BCUT2D eigenvalue weighted by atomic mass is 31.2. The van der Waals surface area contributed by atoms with Gasteiger partial charge in [-0.3, -0.25) is 18.9 Å². The molecule has 10 nitrogen and oxygen atoms in total. The van der Waals surface area contributed by atoms with Gasteiger partial charge in [-0.1, -0.05) is 193 Å². The van der Waals surface area contributed by atoms with Gasteiger partial charge in [0.05, 0.1) is 27.7 Å². The lowest BCUT2D eigenvalue weighted by Crippen LogP contribution is -2.37. The van der Waals surface area contributed by atoms with Gasteiger partial charge in [0.15, 0.2) is 11.9 Å². The molecule has 0 aromatic rings. The Kier molecular flexibility index (Phi) is 40.9. The topological polar surface area (TPSA) is 128 Å². The van der Waals surface area contributed by atoms with Crippen LogP contribution in [0.2, 0.25) is 0 Å². The van der Waals surface area contributed by atoms with Crippen LogP contribution in [-0.2, 0) is 37.5 Å². The number of ketones is 1. The van der Waals surface area contributed by atoms with Crippen molar-refractivity contribution >= 4 is 25.5 Å². The first kappa shape index (κ1) is 59.2. The maximum Gasteiger partial charge on any atom is 0.306 e. The Balaban J connectivity index is 4.29. The van der Waals surface area contributed by atoms with Crippen molar-refractivity contribution in [2.45, 2.75) is 232 Å². The SMILES string of the molecule is CCCCC/C=C\C=C\C(=O)CCCCCCCC(=O)OC[C@H](COP(=O)([O-])OCC[N+](C)(C)C)OC(=O)CCCCCCCCCCCCCCCCCCCCCCC. The van der Waals surface area contributed by atoms with Gasteiger partial charge < -0.3 is 27.9 Å². The fourth-order valence-electron chi connectivity index (χ4n) is 6.99. The molecule has 2 atom stereocenters. The van der Waals surface area contributed by atoms with Crippen molar-refractivity contribution in [2.75, 3.05) is 47.5 Å². The number of carbonyl (C=O) groups is 3. The van der Waals surface area contributed by atoms with Crippen LogP contribution in [0.4, 0.5) is 0 Å². The van der Waals surface area contributed by atoms with Gasteiger partial charge in [0.1, 0.15) is 19.8 Å². The van der Waals surface area contributed by atoms with Crippen LogP contribution < -0.4 is 4.89 Å². The van der Waals surface area contributed by atoms with E-state index in [1.807, 2.05) is 33.3 Å². The second-order valence-corrected chi connectivity index (χ2v) is 19.6. The molecule has 0 N–H and O–H groups in total. The Morgan fingerprint density at radius 1 is 0.541 bits per heavy atom. The standard InChI is InChI=1S/C50H94NO9P/c1-6-8-10-12-14-15-16-17-18-19-20-21-22-23-24-25-26-27-29-33-38-42-50(54)60-48(46-59-61(55,56)58-44-43-51(3,4)5)45-57-49(53)41-37-34-30-32-36-40-47(52)39-35-31-28-13-11-9-7-2/h28,31,35,39,48H,6-27,29-30,32-34,36-38,40-46H2,1-5H3/b31-28-,39-35+/t48-/m1/s1. The summed E-state index contributed by atoms with van der Waals surface area (Å²) in [6, 6.07) is 0. The Hall–Kier alpha value is -1.84. The first-order valence-corrected chi connectivity index (χ1v) is 26.5. The highest BCUT2D eigenvalue weighted by Gasteiger charge is 2.21. The van der Waals surface area contributed by atoms with Gasteiger partial charge in [-0.25, -0.2) is 0 Å². The second kappa shape index (κ2) is 42.1. The third-order valence-corrected chi connectivity index (χ3v) is 11.9. The predicted octanol–water partition coefficient (Wildman–Crippen LogP) is 13.2.